The lowest BCUT2D eigenvalue weighted by Gasteiger charge is -2.28. The van der Waals surface area contributed by atoms with E-state index in [1.165, 1.54) is 12.1 Å². The van der Waals surface area contributed by atoms with E-state index in [0.29, 0.717) is 18.7 Å². The predicted molar refractivity (Wildman–Crippen MR) is 107 cm³/mol. The molecule has 0 aliphatic carbocycles. The standard InChI is InChI=1S/C23H22FNO3/c1-2-28-14-20-19-12-17(24)10-11-21(19)25(22(20)23(26)27)13-16-8-5-7-15-6-3-4-9-18(15)16/h3-12,20,22H,2,13-14H2,1H3,(H,26,27). The molecule has 1 heterocycles. The number of carbonyl (C=O) groups is 1. The molecule has 2 unspecified atom stereocenters. The first-order valence-corrected chi connectivity index (χ1v) is 9.43. The number of hydrogen-bond donors (Lipinski definition) is 1. The van der Waals surface area contributed by atoms with Gasteiger partial charge >= 0.3 is 5.97 Å². The van der Waals surface area contributed by atoms with Gasteiger partial charge in [0, 0.05) is 24.8 Å². The van der Waals surface area contributed by atoms with E-state index in [9.17, 15) is 14.3 Å². The summed E-state index contributed by atoms with van der Waals surface area (Å²) in [5, 5.41) is 12.2. The summed E-state index contributed by atoms with van der Waals surface area (Å²) in [7, 11) is 0. The van der Waals surface area contributed by atoms with Gasteiger partial charge in [-0.15, -0.1) is 0 Å². The van der Waals surface area contributed by atoms with Crippen LogP contribution in [0.3, 0.4) is 0 Å². The third-order valence-corrected chi connectivity index (χ3v) is 5.39. The Balaban J connectivity index is 1.79. The van der Waals surface area contributed by atoms with Crippen LogP contribution in [-0.4, -0.2) is 30.3 Å². The molecule has 1 N–H and O–H groups in total. The van der Waals surface area contributed by atoms with Gasteiger partial charge in [0.1, 0.15) is 11.9 Å². The monoisotopic (exact) mass is 379 g/mol. The molecule has 0 aromatic heterocycles. The molecule has 2 atom stereocenters. The number of benzene rings is 3. The van der Waals surface area contributed by atoms with Crippen LogP contribution in [0, 0.1) is 5.82 Å². The predicted octanol–water partition coefficient (Wildman–Crippen LogP) is 4.57. The minimum atomic E-state index is -0.929. The number of rotatable bonds is 6. The van der Waals surface area contributed by atoms with Crippen LogP contribution in [0.1, 0.15) is 24.0 Å². The maximum absolute atomic E-state index is 13.9. The largest absolute Gasteiger partial charge is 0.480 e. The average molecular weight is 379 g/mol. The molecule has 0 saturated heterocycles. The van der Waals surface area contributed by atoms with Gasteiger partial charge in [-0.1, -0.05) is 42.5 Å². The first-order valence-electron chi connectivity index (χ1n) is 9.43. The van der Waals surface area contributed by atoms with Crippen molar-refractivity contribution in [2.45, 2.75) is 25.4 Å². The number of fused-ring (bicyclic) bond motifs is 2. The number of hydrogen-bond acceptors (Lipinski definition) is 3. The van der Waals surface area contributed by atoms with Gasteiger partial charge in [-0.3, -0.25) is 0 Å². The van der Waals surface area contributed by atoms with Gasteiger partial charge in [-0.05, 0) is 47.0 Å². The zero-order valence-electron chi connectivity index (χ0n) is 15.6. The molecule has 0 spiro atoms. The van der Waals surface area contributed by atoms with Gasteiger partial charge in [0.15, 0.2) is 0 Å². The normalized spacial score (nSPS) is 18.4. The SMILES string of the molecule is CCOCC1c2cc(F)ccc2N(Cc2cccc3ccccc23)C1C(=O)O. The first-order chi connectivity index (χ1) is 13.6. The van der Waals surface area contributed by atoms with Crippen LogP contribution in [0.25, 0.3) is 10.8 Å². The molecular formula is C23H22FNO3. The van der Waals surface area contributed by atoms with E-state index in [4.69, 9.17) is 4.74 Å². The van der Waals surface area contributed by atoms with Crippen molar-refractivity contribution in [3.8, 4) is 0 Å². The minimum absolute atomic E-state index is 0.246. The quantitative estimate of drug-likeness (QED) is 0.681. The molecule has 4 rings (SSSR count). The summed E-state index contributed by atoms with van der Waals surface area (Å²) in [6.07, 6.45) is 0. The number of anilines is 1. The molecule has 3 aromatic rings. The van der Waals surface area contributed by atoms with Crippen LogP contribution >= 0.6 is 0 Å². The third kappa shape index (κ3) is 3.22. The zero-order valence-corrected chi connectivity index (χ0v) is 15.6. The van der Waals surface area contributed by atoms with Gasteiger partial charge < -0.3 is 14.7 Å². The van der Waals surface area contributed by atoms with Gasteiger partial charge in [-0.25, -0.2) is 9.18 Å². The number of carboxylic acids is 1. The molecule has 0 amide bonds. The number of aliphatic carboxylic acids is 1. The zero-order chi connectivity index (χ0) is 19.7. The molecule has 0 saturated carbocycles. The number of nitrogens with zero attached hydrogens (tertiary/aromatic N) is 1. The Kier molecular flexibility index (Phi) is 5.01. The van der Waals surface area contributed by atoms with Crippen LogP contribution in [0.4, 0.5) is 10.1 Å². The Morgan fingerprint density at radius 2 is 1.93 bits per heavy atom. The highest BCUT2D eigenvalue weighted by Crippen LogP contribution is 2.43. The molecule has 144 valence electrons. The van der Waals surface area contributed by atoms with Crippen molar-refractivity contribution < 1.29 is 19.0 Å². The topological polar surface area (TPSA) is 49.8 Å². The summed E-state index contributed by atoms with van der Waals surface area (Å²) >= 11 is 0. The van der Waals surface area contributed by atoms with Crippen molar-refractivity contribution in [2.75, 3.05) is 18.1 Å². The van der Waals surface area contributed by atoms with Gasteiger partial charge in [0.2, 0.25) is 0 Å². The van der Waals surface area contributed by atoms with Crippen LogP contribution in [0.2, 0.25) is 0 Å². The van der Waals surface area contributed by atoms with Crippen molar-refractivity contribution in [2.24, 2.45) is 0 Å². The second-order valence-corrected chi connectivity index (χ2v) is 7.02. The van der Waals surface area contributed by atoms with Gasteiger partial charge in [-0.2, -0.15) is 0 Å². The van der Waals surface area contributed by atoms with Crippen molar-refractivity contribution in [1.29, 1.82) is 0 Å². The van der Waals surface area contributed by atoms with Crippen LogP contribution in [0.15, 0.2) is 60.7 Å². The molecule has 5 heteroatoms. The fraction of sp³-hybridized carbons (Fsp3) is 0.261. The molecule has 28 heavy (non-hydrogen) atoms. The summed E-state index contributed by atoms with van der Waals surface area (Å²) in [6.45, 7) is 3.03. The number of ether oxygens (including phenoxy) is 1. The van der Waals surface area contributed by atoms with E-state index in [1.54, 1.807) is 6.07 Å². The van der Waals surface area contributed by atoms with Gasteiger partial charge in [0.25, 0.3) is 0 Å². The van der Waals surface area contributed by atoms with E-state index < -0.39 is 17.9 Å². The van der Waals surface area contributed by atoms with Crippen molar-refractivity contribution in [1.82, 2.24) is 0 Å². The Labute approximate surface area is 163 Å². The third-order valence-electron chi connectivity index (χ3n) is 5.39. The fourth-order valence-corrected chi connectivity index (χ4v) is 4.15. The Bertz CT molecular complexity index is 1010. The number of halogens is 1. The van der Waals surface area contributed by atoms with Crippen LogP contribution in [0.5, 0.6) is 0 Å². The van der Waals surface area contributed by atoms with E-state index in [-0.39, 0.29) is 12.4 Å². The van der Waals surface area contributed by atoms with Crippen molar-refractivity contribution >= 4 is 22.4 Å². The molecular weight excluding hydrogens is 357 g/mol. The van der Waals surface area contributed by atoms with E-state index in [2.05, 4.69) is 0 Å². The lowest BCUT2D eigenvalue weighted by molar-refractivity contribution is -0.139. The van der Waals surface area contributed by atoms with E-state index >= 15 is 0 Å². The molecule has 1 aliphatic heterocycles. The summed E-state index contributed by atoms with van der Waals surface area (Å²) < 4.78 is 19.5. The van der Waals surface area contributed by atoms with Crippen molar-refractivity contribution in [3.63, 3.8) is 0 Å². The maximum atomic E-state index is 13.9. The Hall–Kier alpha value is -2.92. The molecule has 0 radical (unpaired) electrons. The lowest BCUT2D eigenvalue weighted by Crippen LogP contribution is -2.41. The lowest BCUT2D eigenvalue weighted by atomic mass is 9.95. The summed E-state index contributed by atoms with van der Waals surface area (Å²) in [5.74, 6) is -1.71. The first kappa shape index (κ1) is 18.4. The van der Waals surface area contributed by atoms with Crippen LogP contribution < -0.4 is 4.90 Å². The second-order valence-electron chi connectivity index (χ2n) is 7.02. The fourth-order valence-electron chi connectivity index (χ4n) is 4.15. The van der Waals surface area contributed by atoms with Gasteiger partial charge in [0.05, 0.1) is 6.61 Å². The molecule has 4 nitrogen and oxygen atoms in total. The summed E-state index contributed by atoms with van der Waals surface area (Å²) in [5.41, 5.74) is 2.49. The highest BCUT2D eigenvalue weighted by atomic mass is 19.1. The number of carboxylic acid groups (broad SMARTS) is 1. The Morgan fingerprint density at radius 3 is 2.71 bits per heavy atom. The average Bonchev–Trinajstić information content (AvgIpc) is 2.99. The van der Waals surface area contributed by atoms with E-state index in [0.717, 1.165) is 22.0 Å². The van der Waals surface area contributed by atoms with E-state index in [1.807, 2.05) is 54.3 Å². The summed E-state index contributed by atoms with van der Waals surface area (Å²) in [4.78, 5) is 14.1. The second kappa shape index (κ2) is 7.60. The highest BCUT2D eigenvalue weighted by Gasteiger charge is 2.43. The molecule has 0 fully saturated rings. The molecule has 3 aromatic carbocycles. The highest BCUT2D eigenvalue weighted by molar-refractivity contribution is 5.88. The van der Waals surface area contributed by atoms with Crippen LogP contribution in [-0.2, 0) is 16.1 Å². The minimum Gasteiger partial charge on any atom is -0.480 e. The molecule has 1 aliphatic rings. The van der Waals surface area contributed by atoms with Crippen molar-refractivity contribution in [3.05, 3.63) is 77.6 Å². The smallest absolute Gasteiger partial charge is 0.327 e. The summed E-state index contributed by atoms with van der Waals surface area (Å²) in [6, 6.07) is 17.8. The Morgan fingerprint density at radius 1 is 1.14 bits per heavy atom. The molecule has 0 bridgehead atoms. The maximum Gasteiger partial charge on any atom is 0.327 e.